The fourth-order valence-electron chi connectivity index (χ4n) is 1.71. The van der Waals surface area contributed by atoms with E-state index in [1.807, 2.05) is 18.7 Å². The summed E-state index contributed by atoms with van der Waals surface area (Å²) in [5, 5.41) is 12.6. The van der Waals surface area contributed by atoms with Crippen LogP contribution >= 0.6 is 11.8 Å². The first-order chi connectivity index (χ1) is 7.70. The zero-order valence-corrected chi connectivity index (χ0v) is 11.4. The molecule has 1 aliphatic rings. The van der Waals surface area contributed by atoms with Gasteiger partial charge in [0.15, 0.2) is 0 Å². The molecular weight excluding hydrogens is 216 g/mol. The van der Waals surface area contributed by atoms with Gasteiger partial charge in [0.25, 0.3) is 0 Å². The quantitative estimate of drug-likeness (QED) is 0.628. The molecule has 0 aliphatic heterocycles. The average molecular weight is 240 g/mol. The molecule has 0 spiro atoms. The lowest BCUT2D eigenvalue weighted by molar-refractivity contribution is 0.412. The van der Waals surface area contributed by atoms with Crippen molar-refractivity contribution in [1.82, 2.24) is 5.32 Å². The first-order valence-corrected chi connectivity index (χ1v) is 7.62. The molecule has 0 aromatic heterocycles. The van der Waals surface area contributed by atoms with Crippen LogP contribution in [0.3, 0.4) is 0 Å². The average Bonchev–Trinajstić information content (AvgIpc) is 3.07. The molecule has 0 saturated heterocycles. The number of nitrogens with one attached hydrogen (secondary N) is 1. The topological polar surface area (TPSA) is 35.8 Å². The molecule has 0 bridgehead atoms. The minimum absolute atomic E-state index is 0.285. The number of rotatable bonds is 9. The van der Waals surface area contributed by atoms with Crippen LogP contribution in [0.1, 0.15) is 52.4 Å². The summed E-state index contributed by atoms with van der Waals surface area (Å²) in [6, 6.07) is 3.05. The molecule has 2 nitrogen and oxygen atoms in total. The molecule has 0 radical (unpaired) electrons. The van der Waals surface area contributed by atoms with Crippen LogP contribution in [0.15, 0.2) is 0 Å². The summed E-state index contributed by atoms with van der Waals surface area (Å²) < 4.78 is 0. The van der Waals surface area contributed by atoms with Crippen LogP contribution in [-0.2, 0) is 0 Å². The van der Waals surface area contributed by atoms with E-state index in [2.05, 4.69) is 18.3 Å². The predicted octanol–water partition coefficient (Wildman–Crippen LogP) is 3.33. The molecule has 1 atom stereocenters. The Morgan fingerprint density at radius 2 is 2.06 bits per heavy atom. The minimum Gasteiger partial charge on any atom is -0.297 e. The Kier molecular flexibility index (Phi) is 6.23. The van der Waals surface area contributed by atoms with Gasteiger partial charge in [-0.25, -0.2) is 0 Å². The Morgan fingerprint density at radius 3 is 2.62 bits per heavy atom. The number of thioether (sulfide) groups is 1. The standard InChI is InChI=1S/C13H24N2S/c1-3-4-9-16-10-5-8-13(2,11-14)15-12-6-7-12/h12,15H,3-10H2,1-2H3. The highest BCUT2D eigenvalue weighted by Gasteiger charge is 2.31. The molecular formula is C13H24N2S. The molecule has 0 heterocycles. The third-order valence-corrected chi connectivity index (χ3v) is 4.11. The lowest BCUT2D eigenvalue weighted by Gasteiger charge is -2.23. The first kappa shape index (κ1) is 13.9. The van der Waals surface area contributed by atoms with E-state index in [0.29, 0.717) is 6.04 Å². The van der Waals surface area contributed by atoms with E-state index in [9.17, 15) is 5.26 Å². The predicted molar refractivity (Wildman–Crippen MR) is 71.6 cm³/mol. The molecule has 92 valence electrons. The minimum atomic E-state index is -0.285. The number of hydrogen-bond acceptors (Lipinski definition) is 3. The first-order valence-electron chi connectivity index (χ1n) is 6.47. The van der Waals surface area contributed by atoms with Crippen molar-refractivity contribution in [3.63, 3.8) is 0 Å². The second-order valence-corrected chi connectivity index (χ2v) is 6.16. The molecule has 16 heavy (non-hydrogen) atoms. The maximum absolute atomic E-state index is 9.18. The second-order valence-electron chi connectivity index (χ2n) is 4.93. The number of unbranched alkanes of at least 4 members (excludes halogenated alkanes) is 1. The van der Waals surface area contributed by atoms with Crippen molar-refractivity contribution in [2.45, 2.75) is 64.0 Å². The van der Waals surface area contributed by atoms with E-state index in [4.69, 9.17) is 0 Å². The van der Waals surface area contributed by atoms with Crippen LogP contribution < -0.4 is 5.32 Å². The van der Waals surface area contributed by atoms with Gasteiger partial charge in [0.05, 0.1) is 6.07 Å². The molecule has 1 fully saturated rings. The van der Waals surface area contributed by atoms with Crippen LogP contribution in [0, 0.1) is 11.3 Å². The Hall–Kier alpha value is -0.200. The van der Waals surface area contributed by atoms with Crippen LogP contribution in [0.4, 0.5) is 0 Å². The van der Waals surface area contributed by atoms with Crippen molar-refractivity contribution in [3.05, 3.63) is 0 Å². The molecule has 1 saturated carbocycles. The van der Waals surface area contributed by atoms with Crippen molar-refractivity contribution in [3.8, 4) is 6.07 Å². The molecule has 1 unspecified atom stereocenters. The Morgan fingerprint density at radius 1 is 1.38 bits per heavy atom. The van der Waals surface area contributed by atoms with Crippen LogP contribution in [0.25, 0.3) is 0 Å². The van der Waals surface area contributed by atoms with Gasteiger partial charge in [-0.15, -0.1) is 0 Å². The Bertz CT molecular complexity index is 233. The van der Waals surface area contributed by atoms with Gasteiger partial charge in [0, 0.05) is 6.04 Å². The highest BCUT2D eigenvalue weighted by Crippen LogP contribution is 2.24. The monoisotopic (exact) mass is 240 g/mol. The fraction of sp³-hybridized carbons (Fsp3) is 0.923. The number of nitriles is 1. The molecule has 1 aliphatic carbocycles. The van der Waals surface area contributed by atoms with Crippen molar-refractivity contribution in [2.24, 2.45) is 0 Å². The zero-order chi connectivity index (χ0) is 11.9. The highest BCUT2D eigenvalue weighted by atomic mass is 32.2. The van der Waals surface area contributed by atoms with Gasteiger partial charge in [-0.2, -0.15) is 17.0 Å². The normalized spacial score (nSPS) is 19.1. The van der Waals surface area contributed by atoms with Crippen molar-refractivity contribution in [1.29, 1.82) is 5.26 Å². The van der Waals surface area contributed by atoms with Crippen molar-refractivity contribution < 1.29 is 0 Å². The summed E-state index contributed by atoms with van der Waals surface area (Å²) >= 11 is 2.03. The molecule has 0 amide bonds. The summed E-state index contributed by atoms with van der Waals surface area (Å²) in [5.41, 5.74) is -0.285. The SMILES string of the molecule is CCCCSCCCC(C)(C#N)NC1CC1. The fourth-order valence-corrected chi connectivity index (χ4v) is 2.76. The number of hydrogen-bond donors (Lipinski definition) is 1. The van der Waals surface area contributed by atoms with Gasteiger partial charge in [-0.3, -0.25) is 5.32 Å². The van der Waals surface area contributed by atoms with E-state index < -0.39 is 0 Å². The second kappa shape index (κ2) is 7.19. The summed E-state index contributed by atoms with van der Waals surface area (Å²) in [6.45, 7) is 4.27. The van der Waals surface area contributed by atoms with Crippen LogP contribution in [0.5, 0.6) is 0 Å². The molecule has 3 heteroatoms. The van der Waals surface area contributed by atoms with E-state index in [1.165, 1.54) is 37.2 Å². The largest absolute Gasteiger partial charge is 0.297 e. The van der Waals surface area contributed by atoms with Crippen molar-refractivity contribution >= 4 is 11.8 Å². The lowest BCUT2D eigenvalue weighted by Crippen LogP contribution is -2.42. The third kappa shape index (κ3) is 5.77. The summed E-state index contributed by atoms with van der Waals surface area (Å²) in [5.74, 6) is 2.47. The van der Waals surface area contributed by atoms with Crippen molar-refractivity contribution in [2.75, 3.05) is 11.5 Å². The Balaban J connectivity index is 2.06. The van der Waals surface area contributed by atoms with Crippen LogP contribution in [0.2, 0.25) is 0 Å². The van der Waals surface area contributed by atoms with E-state index in [0.717, 1.165) is 12.8 Å². The van der Waals surface area contributed by atoms with Gasteiger partial charge in [0.1, 0.15) is 5.54 Å². The molecule has 1 N–H and O–H groups in total. The number of nitrogens with zero attached hydrogens (tertiary/aromatic N) is 1. The maximum atomic E-state index is 9.18. The summed E-state index contributed by atoms with van der Waals surface area (Å²) in [4.78, 5) is 0. The summed E-state index contributed by atoms with van der Waals surface area (Å²) in [7, 11) is 0. The van der Waals surface area contributed by atoms with Gasteiger partial charge in [-0.05, 0) is 50.5 Å². The van der Waals surface area contributed by atoms with E-state index in [1.54, 1.807) is 0 Å². The maximum Gasteiger partial charge on any atom is 0.104 e. The lowest BCUT2D eigenvalue weighted by atomic mass is 9.98. The molecule has 0 aromatic rings. The highest BCUT2D eigenvalue weighted by molar-refractivity contribution is 7.99. The van der Waals surface area contributed by atoms with Gasteiger partial charge in [-0.1, -0.05) is 13.3 Å². The van der Waals surface area contributed by atoms with Gasteiger partial charge >= 0.3 is 0 Å². The zero-order valence-electron chi connectivity index (χ0n) is 10.6. The van der Waals surface area contributed by atoms with E-state index in [-0.39, 0.29) is 5.54 Å². The van der Waals surface area contributed by atoms with Gasteiger partial charge in [0.2, 0.25) is 0 Å². The molecule has 0 aromatic carbocycles. The molecule has 1 rings (SSSR count). The smallest absolute Gasteiger partial charge is 0.104 e. The summed E-state index contributed by atoms with van der Waals surface area (Å²) in [6.07, 6.45) is 7.25. The van der Waals surface area contributed by atoms with Crippen LogP contribution in [-0.4, -0.2) is 23.1 Å². The van der Waals surface area contributed by atoms with E-state index >= 15 is 0 Å². The Labute approximate surface area is 104 Å². The van der Waals surface area contributed by atoms with Gasteiger partial charge < -0.3 is 0 Å². The third-order valence-electron chi connectivity index (χ3n) is 2.95.